The van der Waals surface area contributed by atoms with E-state index >= 15 is 0 Å². The summed E-state index contributed by atoms with van der Waals surface area (Å²) < 4.78 is 66.4. The molecule has 2 aromatic carbocycles. The van der Waals surface area contributed by atoms with Crippen LogP contribution in [0.15, 0.2) is 47.4 Å². The van der Waals surface area contributed by atoms with Gasteiger partial charge in [-0.1, -0.05) is 12.1 Å². The van der Waals surface area contributed by atoms with E-state index in [0.717, 1.165) is 17.7 Å². The summed E-state index contributed by atoms with van der Waals surface area (Å²) in [6.45, 7) is 3.29. The van der Waals surface area contributed by atoms with Crippen molar-refractivity contribution >= 4 is 10.0 Å². The topological polar surface area (TPSA) is 40.6 Å². The highest BCUT2D eigenvalue weighted by atomic mass is 32.2. The molecule has 0 spiro atoms. The van der Waals surface area contributed by atoms with Crippen molar-refractivity contribution in [2.24, 2.45) is 0 Å². The molecule has 8 heteroatoms. The first-order valence-electron chi connectivity index (χ1n) is 8.24. The molecule has 1 heterocycles. The van der Waals surface area contributed by atoms with E-state index in [-0.39, 0.29) is 24.9 Å². The van der Waals surface area contributed by atoms with Crippen LogP contribution in [-0.4, -0.2) is 43.8 Å². The van der Waals surface area contributed by atoms with Crippen LogP contribution in [0.2, 0.25) is 0 Å². The Labute approximate surface area is 150 Å². The Bertz CT molecular complexity index is 880. The van der Waals surface area contributed by atoms with Crippen LogP contribution >= 0.6 is 0 Å². The van der Waals surface area contributed by atoms with Gasteiger partial charge in [-0.15, -0.1) is 0 Å². The Kier molecular flexibility index (Phi) is 5.36. The van der Waals surface area contributed by atoms with Crippen molar-refractivity contribution in [3.63, 3.8) is 0 Å². The van der Waals surface area contributed by atoms with Gasteiger partial charge in [0.15, 0.2) is 0 Å². The second-order valence-corrected chi connectivity index (χ2v) is 8.15. The average Bonchev–Trinajstić information content (AvgIpc) is 2.61. The van der Waals surface area contributed by atoms with E-state index < -0.39 is 26.6 Å². The highest BCUT2D eigenvalue weighted by Gasteiger charge is 2.32. The lowest BCUT2D eigenvalue weighted by molar-refractivity contribution is 0.145. The molecular weight excluding hydrogens is 365 g/mol. The Morgan fingerprint density at radius 2 is 1.46 bits per heavy atom. The van der Waals surface area contributed by atoms with Gasteiger partial charge in [0.05, 0.1) is 0 Å². The first-order valence-corrected chi connectivity index (χ1v) is 9.68. The van der Waals surface area contributed by atoms with Gasteiger partial charge in [-0.25, -0.2) is 21.6 Å². The number of nitrogens with zero attached hydrogens (tertiary/aromatic N) is 2. The molecule has 140 valence electrons. The van der Waals surface area contributed by atoms with Crippen molar-refractivity contribution in [1.29, 1.82) is 0 Å². The molecule has 0 aliphatic carbocycles. The summed E-state index contributed by atoms with van der Waals surface area (Å²) in [6.07, 6.45) is 0. The van der Waals surface area contributed by atoms with Crippen molar-refractivity contribution in [2.75, 3.05) is 26.2 Å². The molecule has 0 saturated carbocycles. The molecule has 26 heavy (non-hydrogen) atoms. The first kappa shape index (κ1) is 18.9. The van der Waals surface area contributed by atoms with Crippen LogP contribution in [0.3, 0.4) is 0 Å². The Balaban J connectivity index is 1.70. The zero-order valence-corrected chi connectivity index (χ0v) is 15.0. The van der Waals surface area contributed by atoms with Crippen LogP contribution in [-0.2, 0) is 10.0 Å². The molecule has 4 nitrogen and oxygen atoms in total. The van der Waals surface area contributed by atoms with Gasteiger partial charge in [0.2, 0.25) is 10.0 Å². The summed E-state index contributed by atoms with van der Waals surface area (Å²) in [5, 5.41) is 0. The van der Waals surface area contributed by atoms with E-state index in [1.54, 1.807) is 12.1 Å². The fraction of sp³-hybridized carbons (Fsp3) is 0.333. The lowest BCUT2D eigenvalue weighted by Crippen LogP contribution is -2.49. The van der Waals surface area contributed by atoms with E-state index in [1.807, 2.05) is 6.92 Å². The van der Waals surface area contributed by atoms with Gasteiger partial charge in [-0.2, -0.15) is 4.31 Å². The van der Waals surface area contributed by atoms with Crippen molar-refractivity contribution in [2.45, 2.75) is 17.9 Å². The largest absolute Gasteiger partial charge is 0.294 e. The van der Waals surface area contributed by atoms with E-state index in [0.29, 0.717) is 19.2 Å². The monoisotopic (exact) mass is 384 g/mol. The van der Waals surface area contributed by atoms with Crippen LogP contribution in [0.5, 0.6) is 0 Å². The smallest absolute Gasteiger partial charge is 0.246 e. The van der Waals surface area contributed by atoms with Gasteiger partial charge in [0.1, 0.15) is 22.3 Å². The molecule has 2 aromatic rings. The maximum absolute atomic E-state index is 13.9. The molecule has 1 atom stereocenters. The number of hydrogen-bond donors (Lipinski definition) is 0. The molecule has 0 bridgehead atoms. The molecule has 0 amide bonds. The molecule has 1 aliphatic heterocycles. The predicted octanol–water partition coefficient (Wildman–Crippen LogP) is 3.17. The minimum absolute atomic E-state index is 0.00279. The third-order valence-corrected chi connectivity index (χ3v) is 6.62. The number of piperazine rings is 1. The molecule has 1 aliphatic rings. The molecule has 3 rings (SSSR count). The Hall–Kier alpha value is -1.90. The third kappa shape index (κ3) is 3.77. The lowest BCUT2D eigenvalue weighted by Gasteiger charge is -2.37. The number of halogens is 3. The van der Waals surface area contributed by atoms with Crippen molar-refractivity contribution in [3.8, 4) is 0 Å². The highest BCUT2D eigenvalue weighted by Crippen LogP contribution is 2.25. The Morgan fingerprint density at radius 1 is 0.885 bits per heavy atom. The van der Waals surface area contributed by atoms with E-state index in [1.165, 1.54) is 16.4 Å². The zero-order chi connectivity index (χ0) is 18.9. The minimum atomic E-state index is -4.01. The zero-order valence-electron chi connectivity index (χ0n) is 14.2. The van der Waals surface area contributed by atoms with Gasteiger partial charge >= 0.3 is 0 Å². The highest BCUT2D eigenvalue weighted by molar-refractivity contribution is 7.89. The van der Waals surface area contributed by atoms with E-state index in [9.17, 15) is 21.6 Å². The van der Waals surface area contributed by atoms with Crippen LogP contribution < -0.4 is 0 Å². The van der Waals surface area contributed by atoms with Gasteiger partial charge in [-0.3, -0.25) is 4.90 Å². The van der Waals surface area contributed by atoms with Crippen LogP contribution in [0, 0.1) is 17.5 Å². The second kappa shape index (κ2) is 7.38. The molecule has 0 N–H and O–H groups in total. The van der Waals surface area contributed by atoms with Crippen molar-refractivity contribution < 1.29 is 21.6 Å². The standard InChI is InChI=1S/C18H19F3N2O2S/c1-13(14-2-4-15(19)5-3-14)22-8-10-23(11-9-22)26(24,25)18-7-6-16(20)12-17(18)21/h2-7,12-13H,8-11H2,1H3/t13-/m0/s1. The third-order valence-electron chi connectivity index (χ3n) is 4.69. The summed E-state index contributed by atoms with van der Waals surface area (Å²) in [5.74, 6) is -2.22. The number of rotatable bonds is 4. The Morgan fingerprint density at radius 3 is 2.04 bits per heavy atom. The van der Waals surface area contributed by atoms with Gasteiger partial charge < -0.3 is 0 Å². The predicted molar refractivity (Wildman–Crippen MR) is 91.5 cm³/mol. The van der Waals surface area contributed by atoms with Gasteiger partial charge in [0, 0.05) is 38.3 Å². The SMILES string of the molecule is C[C@@H](c1ccc(F)cc1)N1CCN(S(=O)(=O)c2ccc(F)cc2F)CC1. The lowest BCUT2D eigenvalue weighted by atomic mass is 10.1. The fourth-order valence-corrected chi connectivity index (χ4v) is 4.57. The summed E-state index contributed by atoms with van der Waals surface area (Å²) in [5.41, 5.74) is 0.937. The molecular formula is C18H19F3N2O2S. The maximum Gasteiger partial charge on any atom is 0.246 e. The number of sulfonamides is 1. The molecule has 1 fully saturated rings. The molecule has 0 aromatic heterocycles. The van der Waals surface area contributed by atoms with E-state index in [4.69, 9.17) is 0 Å². The van der Waals surface area contributed by atoms with Gasteiger partial charge in [0.25, 0.3) is 0 Å². The summed E-state index contributed by atoms with van der Waals surface area (Å²) in [7, 11) is -4.01. The van der Waals surface area contributed by atoms with Crippen LogP contribution in [0.1, 0.15) is 18.5 Å². The van der Waals surface area contributed by atoms with Crippen LogP contribution in [0.4, 0.5) is 13.2 Å². The first-order chi connectivity index (χ1) is 12.3. The van der Waals surface area contributed by atoms with Crippen LogP contribution in [0.25, 0.3) is 0 Å². The summed E-state index contributed by atoms with van der Waals surface area (Å²) >= 11 is 0. The van der Waals surface area contributed by atoms with Gasteiger partial charge in [-0.05, 0) is 36.8 Å². The van der Waals surface area contributed by atoms with Crippen molar-refractivity contribution in [3.05, 3.63) is 65.5 Å². The quantitative estimate of drug-likeness (QED) is 0.813. The van der Waals surface area contributed by atoms with E-state index in [2.05, 4.69) is 4.90 Å². The average molecular weight is 384 g/mol. The second-order valence-electron chi connectivity index (χ2n) is 6.24. The summed E-state index contributed by atoms with van der Waals surface area (Å²) in [4.78, 5) is 1.57. The molecule has 1 saturated heterocycles. The normalized spacial score (nSPS) is 18.0. The molecule has 0 radical (unpaired) electrons. The molecule has 0 unspecified atom stereocenters. The summed E-state index contributed by atoms with van der Waals surface area (Å²) in [6, 6.07) is 8.65. The number of hydrogen-bond acceptors (Lipinski definition) is 3. The minimum Gasteiger partial charge on any atom is -0.294 e. The maximum atomic E-state index is 13.9. The van der Waals surface area contributed by atoms with Crippen molar-refractivity contribution in [1.82, 2.24) is 9.21 Å². The fourth-order valence-electron chi connectivity index (χ4n) is 3.11. The number of benzene rings is 2.